The largest absolute Gasteiger partial charge is 0.381 e. The number of amides is 1. The van der Waals surface area contributed by atoms with Crippen molar-refractivity contribution in [3.63, 3.8) is 0 Å². The lowest BCUT2D eigenvalue weighted by molar-refractivity contribution is -0.384. The minimum Gasteiger partial charge on any atom is -0.381 e. The van der Waals surface area contributed by atoms with E-state index in [1.165, 1.54) is 28.5 Å². The van der Waals surface area contributed by atoms with Crippen molar-refractivity contribution in [3.8, 4) is 0 Å². The fraction of sp³-hybridized carbons (Fsp3) is 0.524. The van der Waals surface area contributed by atoms with Gasteiger partial charge in [-0.1, -0.05) is 11.3 Å². The Kier molecular flexibility index (Phi) is 7.41. The average Bonchev–Trinajstić information content (AvgIpc) is 3.25. The van der Waals surface area contributed by atoms with Crippen molar-refractivity contribution in [3.05, 3.63) is 46.1 Å². The zero-order chi connectivity index (χ0) is 21.6. The van der Waals surface area contributed by atoms with E-state index in [1.807, 2.05) is 22.9 Å². The van der Waals surface area contributed by atoms with Crippen molar-refractivity contribution in [2.24, 2.45) is 5.92 Å². The molecule has 3 heterocycles. The summed E-state index contributed by atoms with van der Waals surface area (Å²) in [6, 6.07) is 5.96. The second kappa shape index (κ2) is 10.4. The topological polar surface area (TPSA) is 97.6 Å². The van der Waals surface area contributed by atoms with Crippen LogP contribution in [-0.2, 0) is 4.74 Å². The molecule has 1 amide bonds. The molecule has 2 aliphatic rings. The molecule has 8 nitrogen and oxygen atoms in total. The first-order valence-corrected chi connectivity index (χ1v) is 12.4. The highest BCUT2D eigenvalue weighted by molar-refractivity contribution is 8.01. The number of hydrogen-bond donors (Lipinski definition) is 1. The van der Waals surface area contributed by atoms with Gasteiger partial charge in [0.15, 0.2) is 5.13 Å². The van der Waals surface area contributed by atoms with Gasteiger partial charge in [0.25, 0.3) is 11.6 Å². The maximum atomic E-state index is 12.8. The predicted molar refractivity (Wildman–Crippen MR) is 122 cm³/mol. The molecule has 2 saturated heterocycles. The Labute approximate surface area is 189 Å². The fourth-order valence-electron chi connectivity index (χ4n) is 3.87. The van der Waals surface area contributed by atoms with Crippen LogP contribution in [0, 0.1) is 16.0 Å². The van der Waals surface area contributed by atoms with E-state index in [0.717, 1.165) is 55.7 Å². The van der Waals surface area contributed by atoms with Crippen LogP contribution in [-0.4, -0.2) is 58.8 Å². The maximum absolute atomic E-state index is 12.8. The van der Waals surface area contributed by atoms with E-state index < -0.39 is 4.92 Å². The third-order valence-electron chi connectivity index (χ3n) is 5.65. The molecule has 0 aliphatic carbocycles. The Morgan fingerprint density at radius 2 is 2.06 bits per heavy atom. The molecule has 1 aromatic carbocycles. The number of carbonyl (C=O) groups excluding carboxylic acids is 1. The van der Waals surface area contributed by atoms with Crippen molar-refractivity contribution in [2.75, 3.05) is 37.4 Å². The lowest BCUT2D eigenvalue weighted by Gasteiger charge is -2.33. The van der Waals surface area contributed by atoms with E-state index in [1.54, 1.807) is 11.3 Å². The standard InChI is InChI=1S/C21H26N4O4S2/c26-20(16-3-5-18(6-4-16)25(27)28)24-9-1-2-17(13-24)23-21-22-12-19(31-21)30-14-15-7-10-29-11-8-15/h3-6,12,15,17H,1-2,7-11,13-14H2,(H,22,23)/t17-/m1/s1. The number of piperidine rings is 1. The minimum absolute atomic E-state index is 0.0102. The summed E-state index contributed by atoms with van der Waals surface area (Å²) in [7, 11) is 0. The summed E-state index contributed by atoms with van der Waals surface area (Å²) in [5, 5.41) is 15.2. The first-order valence-electron chi connectivity index (χ1n) is 10.5. The van der Waals surface area contributed by atoms with E-state index in [0.29, 0.717) is 18.7 Å². The van der Waals surface area contributed by atoms with Crippen LogP contribution in [0.25, 0.3) is 0 Å². The molecule has 2 aliphatic heterocycles. The number of non-ortho nitro benzene ring substituents is 1. The number of likely N-dealkylation sites (tertiary alicyclic amines) is 1. The highest BCUT2D eigenvalue weighted by Gasteiger charge is 2.25. The Hall–Kier alpha value is -2.17. The highest BCUT2D eigenvalue weighted by Crippen LogP contribution is 2.32. The minimum atomic E-state index is -0.459. The number of anilines is 1. The van der Waals surface area contributed by atoms with Gasteiger partial charge in [-0.15, -0.1) is 11.8 Å². The van der Waals surface area contributed by atoms with Crippen molar-refractivity contribution >= 4 is 39.8 Å². The summed E-state index contributed by atoms with van der Waals surface area (Å²) >= 11 is 3.53. The van der Waals surface area contributed by atoms with Crippen molar-refractivity contribution in [1.29, 1.82) is 0 Å². The van der Waals surface area contributed by atoms with Crippen LogP contribution in [0.1, 0.15) is 36.0 Å². The second-order valence-corrected chi connectivity index (χ2v) is 10.2. The number of thiazole rings is 1. The van der Waals surface area contributed by atoms with Gasteiger partial charge in [0, 0.05) is 55.8 Å². The van der Waals surface area contributed by atoms with Crippen LogP contribution in [0.4, 0.5) is 10.8 Å². The molecule has 1 atom stereocenters. The summed E-state index contributed by atoms with van der Waals surface area (Å²) in [6.45, 7) is 3.03. The monoisotopic (exact) mass is 462 g/mol. The van der Waals surface area contributed by atoms with E-state index >= 15 is 0 Å². The molecule has 0 saturated carbocycles. The summed E-state index contributed by atoms with van der Waals surface area (Å²) in [6.07, 6.45) is 6.09. The van der Waals surface area contributed by atoms with Gasteiger partial charge in [-0.25, -0.2) is 4.98 Å². The summed E-state index contributed by atoms with van der Waals surface area (Å²) in [4.78, 5) is 29.5. The van der Waals surface area contributed by atoms with E-state index in [4.69, 9.17) is 4.74 Å². The van der Waals surface area contributed by atoms with Crippen LogP contribution < -0.4 is 5.32 Å². The van der Waals surface area contributed by atoms with Crippen LogP contribution in [0.3, 0.4) is 0 Å². The number of nitrogens with one attached hydrogen (secondary N) is 1. The van der Waals surface area contributed by atoms with Crippen LogP contribution in [0.2, 0.25) is 0 Å². The molecular formula is C21H26N4O4S2. The summed E-state index contributed by atoms with van der Waals surface area (Å²) in [5.41, 5.74) is 0.469. The quantitative estimate of drug-likeness (QED) is 0.372. The lowest BCUT2D eigenvalue weighted by atomic mass is 10.0. The van der Waals surface area contributed by atoms with Gasteiger partial charge >= 0.3 is 0 Å². The van der Waals surface area contributed by atoms with Gasteiger partial charge in [-0.05, 0) is 43.7 Å². The van der Waals surface area contributed by atoms with Crippen LogP contribution in [0.15, 0.2) is 34.7 Å². The number of hydrogen-bond acceptors (Lipinski definition) is 8. The van der Waals surface area contributed by atoms with Crippen molar-refractivity contribution in [1.82, 2.24) is 9.88 Å². The third kappa shape index (κ3) is 5.96. The smallest absolute Gasteiger partial charge is 0.269 e. The Morgan fingerprint density at radius 1 is 1.29 bits per heavy atom. The Morgan fingerprint density at radius 3 is 2.81 bits per heavy atom. The van der Waals surface area contributed by atoms with E-state index in [2.05, 4.69) is 10.3 Å². The summed E-state index contributed by atoms with van der Waals surface area (Å²) in [5.74, 6) is 1.73. The molecule has 2 aromatic rings. The first kappa shape index (κ1) is 22.0. The highest BCUT2D eigenvalue weighted by atomic mass is 32.2. The normalized spacial score (nSPS) is 19.9. The van der Waals surface area contributed by atoms with Crippen molar-refractivity contribution in [2.45, 2.75) is 35.9 Å². The van der Waals surface area contributed by atoms with Crippen LogP contribution >= 0.6 is 23.1 Å². The molecule has 10 heteroatoms. The van der Waals surface area contributed by atoms with Crippen molar-refractivity contribution < 1.29 is 14.5 Å². The van der Waals surface area contributed by atoms with E-state index in [-0.39, 0.29) is 17.6 Å². The number of aromatic nitrogens is 1. The molecule has 1 aromatic heterocycles. The molecule has 4 rings (SSSR count). The zero-order valence-corrected chi connectivity index (χ0v) is 18.8. The number of carbonyl (C=O) groups is 1. The maximum Gasteiger partial charge on any atom is 0.269 e. The summed E-state index contributed by atoms with van der Waals surface area (Å²) < 4.78 is 6.64. The SMILES string of the molecule is O=C(c1ccc([N+](=O)[O-])cc1)N1CCC[C@@H](Nc2ncc(SCC3CCOCC3)s2)C1. The van der Waals surface area contributed by atoms with Gasteiger partial charge in [0.2, 0.25) is 0 Å². The molecule has 2 fully saturated rings. The number of benzene rings is 1. The number of nitro groups is 1. The van der Waals surface area contributed by atoms with Crippen LogP contribution in [0.5, 0.6) is 0 Å². The molecule has 0 radical (unpaired) electrons. The number of nitro benzene ring substituents is 1. The lowest BCUT2D eigenvalue weighted by Crippen LogP contribution is -2.45. The van der Waals surface area contributed by atoms with Gasteiger partial charge in [-0.3, -0.25) is 14.9 Å². The number of ether oxygens (including phenoxy) is 1. The van der Waals surface area contributed by atoms with Gasteiger partial charge in [0.1, 0.15) is 0 Å². The molecule has 1 N–H and O–H groups in total. The number of nitrogens with zero attached hydrogens (tertiary/aromatic N) is 3. The molecule has 0 unspecified atom stereocenters. The molecular weight excluding hydrogens is 436 g/mol. The third-order valence-corrected chi connectivity index (χ3v) is 8.00. The van der Waals surface area contributed by atoms with E-state index in [9.17, 15) is 14.9 Å². The van der Waals surface area contributed by atoms with Gasteiger partial charge in [0.05, 0.1) is 15.3 Å². The molecule has 0 bridgehead atoms. The Bertz CT molecular complexity index is 899. The Balaban J connectivity index is 1.29. The predicted octanol–water partition coefficient (Wildman–Crippen LogP) is 4.29. The van der Waals surface area contributed by atoms with Gasteiger partial charge < -0.3 is 15.0 Å². The number of rotatable bonds is 7. The second-order valence-electron chi connectivity index (χ2n) is 7.89. The molecule has 31 heavy (non-hydrogen) atoms. The number of thioether (sulfide) groups is 1. The zero-order valence-electron chi connectivity index (χ0n) is 17.2. The van der Waals surface area contributed by atoms with Gasteiger partial charge in [-0.2, -0.15) is 0 Å². The molecule has 166 valence electrons. The first-order chi connectivity index (χ1) is 15.1. The average molecular weight is 463 g/mol. The fourth-order valence-corrected chi connectivity index (χ4v) is 6.03. The molecule has 0 spiro atoms.